The second-order valence-electron chi connectivity index (χ2n) is 3.75. The molecule has 16 heavy (non-hydrogen) atoms. The molecule has 3 nitrogen and oxygen atoms in total. The number of hydrogen-bond acceptors (Lipinski definition) is 2. The van der Waals surface area contributed by atoms with Crippen LogP contribution >= 0.6 is 11.6 Å². The van der Waals surface area contributed by atoms with Gasteiger partial charge in [0.15, 0.2) is 0 Å². The van der Waals surface area contributed by atoms with E-state index in [1.807, 2.05) is 37.3 Å². The summed E-state index contributed by atoms with van der Waals surface area (Å²) in [6.07, 6.45) is 0.0423. The highest BCUT2D eigenvalue weighted by Gasteiger charge is 2.15. The number of carboxylic acids is 1. The first-order valence-corrected chi connectivity index (χ1v) is 5.75. The fraction of sp³-hybridized carbons (Fsp3) is 0.417. The fourth-order valence-electron chi connectivity index (χ4n) is 1.56. The van der Waals surface area contributed by atoms with Crippen LogP contribution in [0.15, 0.2) is 30.3 Å². The van der Waals surface area contributed by atoms with E-state index >= 15 is 0 Å². The molecule has 2 atom stereocenters. The Morgan fingerprint density at radius 1 is 1.44 bits per heavy atom. The molecular weight excluding hydrogens is 226 g/mol. The Bertz CT molecular complexity index is 329. The maximum absolute atomic E-state index is 10.6. The highest BCUT2D eigenvalue weighted by atomic mass is 35.5. The van der Waals surface area contributed by atoms with E-state index in [1.165, 1.54) is 0 Å². The van der Waals surface area contributed by atoms with Crippen LogP contribution in [-0.4, -0.2) is 23.0 Å². The minimum absolute atomic E-state index is 0.0423. The molecule has 0 saturated heterocycles. The average Bonchev–Trinajstić information content (AvgIpc) is 2.28. The number of nitrogens with one attached hydrogen (secondary N) is 1. The Morgan fingerprint density at radius 3 is 2.56 bits per heavy atom. The van der Waals surface area contributed by atoms with Crippen molar-refractivity contribution in [2.75, 3.05) is 5.88 Å². The van der Waals surface area contributed by atoms with Crippen molar-refractivity contribution in [3.05, 3.63) is 35.9 Å². The normalized spacial score (nSPS) is 14.4. The van der Waals surface area contributed by atoms with E-state index in [2.05, 4.69) is 5.32 Å². The molecule has 0 aromatic heterocycles. The zero-order valence-electron chi connectivity index (χ0n) is 9.19. The number of carboxylic acid groups (broad SMARTS) is 1. The quantitative estimate of drug-likeness (QED) is 0.752. The van der Waals surface area contributed by atoms with E-state index in [0.717, 1.165) is 5.56 Å². The third-order valence-corrected chi connectivity index (χ3v) is 2.77. The van der Waals surface area contributed by atoms with Crippen LogP contribution in [0.3, 0.4) is 0 Å². The number of carbonyl (C=O) groups is 1. The second kappa shape index (κ2) is 6.51. The molecule has 0 aliphatic rings. The van der Waals surface area contributed by atoms with Gasteiger partial charge in [0.1, 0.15) is 0 Å². The summed E-state index contributed by atoms with van der Waals surface area (Å²) >= 11 is 5.72. The molecule has 0 heterocycles. The molecule has 4 heteroatoms. The van der Waals surface area contributed by atoms with Gasteiger partial charge in [0.2, 0.25) is 0 Å². The summed E-state index contributed by atoms with van der Waals surface area (Å²) in [4.78, 5) is 10.6. The van der Waals surface area contributed by atoms with E-state index in [9.17, 15) is 4.79 Å². The molecule has 1 aromatic carbocycles. The number of alkyl halides is 1. The number of rotatable bonds is 6. The van der Waals surface area contributed by atoms with Crippen LogP contribution in [0.25, 0.3) is 0 Å². The summed E-state index contributed by atoms with van der Waals surface area (Å²) in [6.45, 7) is 2.00. The van der Waals surface area contributed by atoms with E-state index in [4.69, 9.17) is 16.7 Å². The Balaban J connectivity index is 2.55. The van der Waals surface area contributed by atoms with Gasteiger partial charge in [-0.25, -0.2) is 0 Å². The number of benzene rings is 1. The molecule has 0 saturated carbocycles. The van der Waals surface area contributed by atoms with E-state index < -0.39 is 5.97 Å². The summed E-state index contributed by atoms with van der Waals surface area (Å²) in [6, 6.07) is 9.78. The van der Waals surface area contributed by atoms with Gasteiger partial charge in [-0.05, 0) is 12.5 Å². The third-order valence-electron chi connectivity index (χ3n) is 2.39. The molecule has 0 bridgehead atoms. The van der Waals surface area contributed by atoms with Crippen molar-refractivity contribution in [2.45, 2.75) is 25.4 Å². The molecule has 0 aliphatic heterocycles. The van der Waals surface area contributed by atoms with Crippen LogP contribution < -0.4 is 5.32 Å². The van der Waals surface area contributed by atoms with Crippen LogP contribution in [0, 0.1) is 0 Å². The SMILES string of the molecule is CC(N[C@H](CCl)CC(=O)O)c1ccccc1. The lowest BCUT2D eigenvalue weighted by molar-refractivity contribution is -0.137. The first kappa shape index (κ1) is 13.0. The first-order valence-electron chi connectivity index (χ1n) is 5.22. The van der Waals surface area contributed by atoms with Gasteiger partial charge in [0.25, 0.3) is 0 Å². The standard InChI is InChI=1S/C12H16ClNO2/c1-9(10-5-3-2-4-6-10)14-11(8-13)7-12(15)16/h2-6,9,11,14H,7-8H2,1H3,(H,15,16)/t9?,11-/m0/s1. The van der Waals surface area contributed by atoms with Gasteiger partial charge in [-0.2, -0.15) is 0 Å². The lowest BCUT2D eigenvalue weighted by Gasteiger charge is -2.20. The minimum Gasteiger partial charge on any atom is -0.481 e. The van der Waals surface area contributed by atoms with Crippen molar-refractivity contribution in [1.29, 1.82) is 0 Å². The van der Waals surface area contributed by atoms with Gasteiger partial charge < -0.3 is 10.4 Å². The predicted octanol–water partition coefficient (Wildman–Crippen LogP) is 2.42. The molecule has 1 aromatic rings. The van der Waals surface area contributed by atoms with Crippen LogP contribution in [-0.2, 0) is 4.79 Å². The maximum atomic E-state index is 10.6. The molecule has 1 rings (SSSR count). The van der Waals surface area contributed by atoms with Crippen molar-refractivity contribution in [3.8, 4) is 0 Å². The van der Waals surface area contributed by atoms with Crippen LogP contribution in [0.2, 0.25) is 0 Å². The van der Waals surface area contributed by atoms with Crippen molar-refractivity contribution in [2.24, 2.45) is 0 Å². The van der Waals surface area contributed by atoms with Gasteiger partial charge >= 0.3 is 5.97 Å². The summed E-state index contributed by atoms with van der Waals surface area (Å²) < 4.78 is 0. The van der Waals surface area contributed by atoms with E-state index in [0.29, 0.717) is 5.88 Å². The lowest BCUT2D eigenvalue weighted by Crippen LogP contribution is -2.34. The van der Waals surface area contributed by atoms with Gasteiger partial charge in [-0.1, -0.05) is 30.3 Å². The smallest absolute Gasteiger partial charge is 0.304 e. The molecule has 0 spiro atoms. The number of aliphatic carboxylic acids is 1. The van der Waals surface area contributed by atoms with Gasteiger partial charge in [-0.3, -0.25) is 4.79 Å². The molecule has 0 amide bonds. The van der Waals surface area contributed by atoms with Crippen molar-refractivity contribution in [3.63, 3.8) is 0 Å². The summed E-state index contributed by atoms with van der Waals surface area (Å²) in [5, 5.41) is 11.9. The Labute approximate surface area is 100 Å². The second-order valence-corrected chi connectivity index (χ2v) is 4.06. The Kier molecular flexibility index (Phi) is 5.29. The Morgan fingerprint density at radius 2 is 2.06 bits per heavy atom. The maximum Gasteiger partial charge on any atom is 0.304 e. The van der Waals surface area contributed by atoms with Crippen molar-refractivity contribution >= 4 is 17.6 Å². The van der Waals surface area contributed by atoms with Crippen LogP contribution in [0.1, 0.15) is 24.9 Å². The molecule has 1 unspecified atom stereocenters. The number of hydrogen-bond donors (Lipinski definition) is 2. The van der Waals surface area contributed by atoms with Crippen LogP contribution in [0.5, 0.6) is 0 Å². The van der Waals surface area contributed by atoms with Crippen molar-refractivity contribution in [1.82, 2.24) is 5.32 Å². The Hall–Kier alpha value is -1.06. The largest absolute Gasteiger partial charge is 0.481 e. The summed E-state index contributed by atoms with van der Waals surface area (Å²) in [5.41, 5.74) is 1.13. The van der Waals surface area contributed by atoms with Crippen molar-refractivity contribution < 1.29 is 9.90 Å². The van der Waals surface area contributed by atoms with E-state index in [-0.39, 0.29) is 18.5 Å². The number of halogens is 1. The first-order chi connectivity index (χ1) is 7.63. The van der Waals surface area contributed by atoms with Crippen LogP contribution in [0.4, 0.5) is 0 Å². The zero-order valence-corrected chi connectivity index (χ0v) is 9.95. The van der Waals surface area contributed by atoms with E-state index in [1.54, 1.807) is 0 Å². The zero-order chi connectivity index (χ0) is 12.0. The van der Waals surface area contributed by atoms with Gasteiger partial charge in [0.05, 0.1) is 6.42 Å². The lowest BCUT2D eigenvalue weighted by atomic mass is 10.1. The molecule has 0 aliphatic carbocycles. The topological polar surface area (TPSA) is 49.3 Å². The summed E-state index contributed by atoms with van der Waals surface area (Å²) in [7, 11) is 0. The van der Waals surface area contributed by atoms with Gasteiger partial charge in [0, 0.05) is 18.0 Å². The average molecular weight is 242 g/mol. The molecule has 0 fully saturated rings. The highest BCUT2D eigenvalue weighted by Crippen LogP contribution is 2.13. The monoisotopic (exact) mass is 241 g/mol. The molecule has 88 valence electrons. The summed E-state index contributed by atoms with van der Waals surface area (Å²) in [5.74, 6) is -0.540. The third kappa shape index (κ3) is 4.21. The minimum atomic E-state index is -0.835. The fourth-order valence-corrected chi connectivity index (χ4v) is 1.76. The predicted molar refractivity (Wildman–Crippen MR) is 64.8 cm³/mol. The van der Waals surface area contributed by atoms with Gasteiger partial charge in [-0.15, -0.1) is 11.6 Å². The molecular formula is C12H16ClNO2. The highest BCUT2D eigenvalue weighted by molar-refractivity contribution is 6.18. The molecule has 2 N–H and O–H groups in total. The molecule has 0 radical (unpaired) electrons.